The van der Waals surface area contributed by atoms with Gasteiger partial charge in [-0.2, -0.15) is 17.0 Å². The van der Waals surface area contributed by atoms with Crippen molar-refractivity contribution in [1.29, 1.82) is 5.26 Å². The monoisotopic (exact) mass is 424 g/mol. The van der Waals surface area contributed by atoms with Gasteiger partial charge in [-0.1, -0.05) is 6.07 Å². The van der Waals surface area contributed by atoms with Crippen LogP contribution in [0.2, 0.25) is 0 Å². The van der Waals surface area contributed by atoms with Gasteiger partial charge in [-0.15, -0.1) is 0 Å². The van der Waals surface area contributed by atoms with Gasteiger partial charge in [0.05, 0.1) is 23.8 Å². The van der Waals surface area contributed by atoms with Crippen LogP contribution in [0.5, 0.6) is 0 Å². The molecule has 2 saturated heterocycles. The molecule has 0 bridgehead atoms. The Morgan fingerprint density at radius 3 is 2.77 bits per heavy atom. The summed E-state index contributed by atoms with van der Waals surface area (Å²) in [7, 11) is 0. The molecular weight excluding hydrogens is 396 g/mol. The van der Waals surface area contributed by atoms with Crippen LogP contribution < -0.4 is 0 Å². The topological polar surface area (TPSA) is 64.2 Å². The summed E-state index contributed by atoms with van der Waals surface area (Å²) in [5, 5.41) is 11.2. The predicted octanol–water partition coefficient (Wildman–Crippen LogP) is 4.70. The number of nitrogens with zero attached hydrogens (tertiary/aromatic N) is 2. The van der Waals surface area contributed by atoms with Crippen molar-refractivity contribution < 1.29 is 14.3 Å². The number of aromatic nitrogens is 1. The van der Waals surface area contributed by atoms with E-state index in [-0.39, 0.29) is 11.6 Å². The summed E-state index contributed by atoms with van der Waals surface area (Å²) in [5.74, 6) is 2.69. The van der Waals surface area contributed by atoms with Crippen molar-refractivity contribution in [2.24, 2.45) is 11.8 Å². The zero-order chi connectivity index (χ0) is 21.1. The second kappa shape index (κ2) is 7.03. The molecule has 3 heterocycles. The molecule has 1 aromatic heterocycles. The third kappa shape index (κ3) is 2.90. The summed E-state index contributed by atoms with van der Waals surface area (Å²) in [6, 6.07) is 11.0. The Hall–Kier alpha value is -1.97. The average Bonchev–Trinajstić information content (AvgIpc) is 3.07. The molecule has 1 aliphatic carbocycles. The lowest BCUT2D eigenvalue weighted by atomic mass is 9.83. The van der Waals surface area contributed by atoms with Crippen molar-refractivity contribution in [3.05, 3.63) is 35.5 Å². The summed E-state index contributed by atoms with van der Waals surface area (Å²) in [6.07, 6.45) is 1.98. The van der Waals surface area contributed by atoms with E-state index in [0.29, 0.717) is 30.1 Å². The van der Waals surface area contributed by atoms with Crippen LogP contribution in [0, 0.1) is 23.2 Å². The van der Waals surface area contributed by atoms with E-state index in [4.69, 9.17) is 9.47 Å². The molecule has 2 aliphatic heterocycles. The Kier molecular flexibility index (Phi) is 4.68. The smallest absolute Gasteiger partial charge is 0.355 e. The van der Waals surface area contributed by atoms with E-state index in [0.717, 1.165) is 41.9 Å². The second-order valence-electron chi connectivity index (χ2n) is 9.39. The van der Waals surface area contributed by atoms with Crippen LogP contribution >= 0.6 is 11.8 Å². The van der Waals surface area contributed by atoms with Gasteiger partial charge in [-0.3, -0.25) is 0 Å². The standard InChI is InChI=1S/C24H28N2O3S/c1-4-28-22(27)21-10-17-9-15(16-7-8-29-23(2,3)11-16)5-6-20(17)26(21)24(14-25)18-12-30-13-19(18)24/h5-6,9-10,16,18-19H,4,7-8,11-13H2,1-3H3/t16-,18-,19+,24?/m0/s1. The minimum absolute atomic E-state index is 0.117. The molecule has 30 heavy (non-hydrogen) atoms. The summed E-state index contributed by atoms with van der Waals surface area (Å²) < 4.78 is 13.3. The number of nitriles is 1. The molecule has 0 N–H and O–H groups in total. The van der Waals surface area contributed by atoms with Gasteiger partial charge in [-0.05, 0) is 74.8 Å². The molecule has 6 heteroatoms. The zero-order valence-electron chi connectivity index (χ0n) is 17.8. The van der Waals surface area contributed by atoms with Crippen LogP contribution in [0.15, 0.2) is 24.3 Å². The Bertz CT molecular complexity index is 1040. The first-order chi connectivity index (χ1) is 14.4. The highest BCUT2D eigenvalue weighted by Crippen LogP contribution is 2.64. The largest absolute Gasteiger partial charge is 0.461 e. The van der Waals surface area contributed by atoms with Crippen molar-refractivity contribution in [3.8, 4) is 6.07 Å². The van der Waals surface area contributed by atoms with Gasteiger partial charge in [-0.25, -0.2) is 4.79 Å². The molecule has 2 aromatic rings. The van der Waals surface area contributed by atoms with E-state index in [1.807, 2.05) is 29.3 Å². The molecule has 0 radical (unpaired) electrons. The van der Waals surface area contributed by atoms with Crippen molar-refractivity contribution in [2.75, 3.05) is 24.7 Å². The Morgan fingerprint density at radius 1 is 1.33 bits per heavy atom. The third-order valence-corrected chi connectivity index (χ3v) is 8.32. The van der Waals surface area contributed by atoms with E-state index >= 15 is 0 Å². The van der Waals surface area contributed by atoms with Crippen LogP contribution in [-0.4, -0.2) is 40.9 Å². The quantitative estimate of drug-likeness (QED) is 0.666. The zero-order valence-corrected chi connectivity index (χ0v) is 18.6. The Morgan fingerprint density at radius 2 is 2.10 bits per heavy atom. The van der Waals surface area contributed by atoms with Crippen molar-refractivity contribution >= 4 is 28.6 Å². The highest BCUT2D eigenvalue weighted by atomic mass is 32.2. The summed E-state index contributed by atoms with van der Waals surface area (Å²) in [4.78, 5) is 12.8. The number of thioether (sulfide) groups is 1. The molecule has 0 amide bonds. The number of hydrogen-bond acceptors (Lipinski definition) is 5. The molecule has 5 nitrogen and oxygen atoms in total. The maximum Gasteiger partial charge on any atom is 0.355 e. The number of ether oxygens (including phenoxy) is 2. The average molecular weight is 425 g/mol. The van der Waals surface area contributed by atoms with Crippen molar-refractivity contribution in [2.45, 2.75) is 50.7 Å². The summed E-state index contributed by atoms with van der Waals surface area (Å²) >= 11 is 1.91. The van der Waals surface area contributed by atoms with Gasteiger partial charge in [0, 0.05) is 23.8 Å². The van der Waals surface area contributed by atoms with Gasteiger partial charge in [0.15, 0.2) is 0 Å². The van der Waals surface area contributed by atoms with E-state index in [1.165, 1.54) is 5.56 Å². The maximum atomic E-state index is 12.8. The first-order valence-corrected chi connectivity index (χ1v) is 12.0. The fraction of sp³-hybridized carbons (Fsp3) is 0.583. The molecule has 1 aromatic carbocycles. The molecule has 1 unspecified atom stereocenters. The number of benzene rings is 1. The lowest BCUT2D eigenvalue weighted by Crippen LogP contribution is -2.32. The summed E-state index contributed by atoms with van der Waals surface area (Å²) in [6.45, 7) is 7.20. The number of fused-ring (bicyclic) bond motifs is 2. The van der Waals surface area contributed by atoms with Gasteiger partial charge in [0.2, 0.25) is 0 Å². The van der Waals surface area contributed by atoms with Crippen molar-refractivity contribution in [3.63, 3.8) is 0 Å². The number of rotatable bonds is 4. The van der Waals surface area contributed by atoms with Gasteiger partial charge in [0.1, 0.15) is 11.2 Å². The Balaban J connectivity index is 1.61. The first-order valence-electron chi connectivity index (χ1n) is 10.9. The maximum absolute atomic E-state index is 12.8. The molecule has 4 atom stereocenters. The van der Waals surface area contributed by atoms with Gasteiger partial charge < -0.3 is 14.0 Å². The van der Waals surface area contributed by atoms with Crippen LogP contribution in [0.4, 0.5) is 0 Å². The fourth-order valence-electron chi connectivity index (χ4n) is 5.64. The van der Waals surface area contributed by atoms with Crippen LogP contribution in [0.1, 0.15) is 55.6 Å². The lowest BCUT2D eigenvalue weighted by molar-refractivity contribution is -0.0592. The van der Waals surface area contributed by atoms with Crippen molar-refractivity contribution in [1.82, 2.24) is 4.57 Å². The van der Waals surface area contributed by atoms with Crippen LogP contribution in [-0.2, 0) is 15.0 Å². The van der Waals surface area contributed by atoms with E-state index in [2.05, 4.69) is 38.1 Å². The Labute approximate surface area is 181 Å². The second-order valence-corrected chi connectivity index (χ2v) is 10.5. The minimum atomic E-state index is -0.614. The normalized spacial score (nSPS) is 31.9. The fourth-order valence-corrected chi connectivity index (χ4v) is 7.25. The number of esters is 1. The van der Waals surface area contributed by atoms with Crippen LogP contribution in [0.3, 0.4) is 0 Å². The molecule has 5 rings (SSSR count). The van der Waals surface area contributed by atoms with Crippen LogP contribution in [0.25, 0.3) is 10.9 Å². The molecular formula is C24H28N2O3S. The van der Waals surface area contributed by atoms with Gasteiger partial charge in [0.25, 0.3) is 0 Å². The highest BCUT2D eigenvalue weighted by molar-refractivity contribution is 7.99. The van der Waals surface area contributed by atoms with E-state index in [9.17, 15) is 10.1 Å². The van der Waals surface area contributed by atoms with Gasteiger partial charge >= 0.3 is 5.97 Å². The number of hydrogen-bond donors (Lipinski definition) is 0. The SMILES string of the molecule is CCOC(=O)c1cc2cc([C@H]3CCOC(C)(C)C3)ccc2n1C1(C#N)[C@@H]2CSC[C@@H]21. The molecule has 3 fully saturated rings. The molecule has 3 aliphatic rings. The molecule has 1 saturated carbocycles. The number of carbonyl (C=O) groups excluding carboxylic acids is 1. The molecule has 0 spiro atoms. The molecule has 158 valence electrons. The predicted molar refractivity (Wildman–Crippen MR) is 118 cm³/mol. The minimum Gasteiger partial charge on any atom is -0.461 e. The summed E-state index contributed by atoms with van der Waals surface area (Å²) in [5.41, 5.74) is 2.03. The van der Waals surface area contributed by atoms with E-state index < -0.39 is 5.54 Å². The lowest BCUT2D eigenvalue weighted by Gasteiger charge is -2.35. The first kappa shape index (κ1) is 20.0. The van der Waals surface area contributed by atoms with E-state index in [1.54, 1.807) is 0 Å². The highest BCUT2D eigenvalue weighted by Gasteiger charge is 2.70. The third-order valence-electron chi connectivity index (χ3n) is 7.13. The number of carbonyl (C=O) groups is 1.